The molecule has 0 bridgehead atoms. The first kappa shape index (κ1) is 27.6. The Labute approximate surface area is 230 Å². The van der Waals surface area contributed by atoms with E-state index in [9.17, 15) is 18.0 Å². The van der Waals surface area contributed by atoms with Gasteiger partial charge in [0.1, 0.15) is 11.6 Å². The molecule has 0 radical (unpaired) electrons. The summed E-state index contributed by atoms with van der Waals surface area (Å²) in [5, 5.41) is 17.3. The minimum atomic E-state index is -4.59. The van der Waals surface area contributed by atoms with Gasteiger partial charge in [0, 0.05) is 38.0 Å². The molecule has 2 aromatic heterocycles. The van der Waals surface area contributed by atoms with Crippen LogP contribution in [0.1, 0.15) is 46.4 Å². The molecule has 3 aromatic rings. The second-order valence-corrected chi connectivity index (χ2v) is 10.6. The summed E-state index contributed by atoms with van der Waals surface area (Å²) in [7, 11) is 5.78. The number of halogens is 3. The third kappa shape index (κ3) is 5.51. The van der Waals surface area contributed by atoms with Crippen molar-refractivity contribution in [3.63, 3.8) is 0 Å². The van der Waals surface area contributed by atoms with Crippen molar-refractivity contribution in [3.05, 3.63) is 58.9 Å². The number of alkyl halides is 3. The summed E-state index contributed by atoms with van der Waals surface area (Å²) in [5.74, 6) is -0.572. The lowest BCUT2D eigenvalue weighted by Crippen LogP contribution is -2.32. The van der Waals surface area contributed by atoms with Gasteiger partial charge in [0.25, 0.3) is 5.91 Å². The van der Waals surface area contributed by atoms with Gasteiger partial charge in [0.2, 0.25) is 0 Å². The second kappa shape index (κ2) is 10.5. The van der Waals surface area contributed by atoms with Gasteiger partial charge in [-0.15, -0.1) is 5.10 Å². The van der Waals surface area contributed by atoms with Gasteiger partial charge >= 0.3 is 6.18 Å². The molecular weight excluding hydrogens is 523 g/mol. The Morgan fingerprint density at radius 3 is 2.60 bits per heavy atom. The van der Waals surface area contributed by atoms with Crippen molar-refractivity contribution in [2.24, 2.45) is 5.10 Å². The summed E-state index contributed by atoms with van der Waals surface area (Å²) in [6.45, 7) is 5.05. The fourth-order valence-corrected chi connectivity index (χ4v) is 4.97. The number of carbonyl (C=O) groups is 1. The number of aryl methyl sites for hydroxylation is 1. The van der Waals surface area contributed by atoms with E-state index in [4.69, 9.17) is 0 Å². The van der Waals surface area contributed by atoms with Crippen LogP contribution in [0.5, 0.6) is 0 Å². The van der Waals surface area contributed by atoms with Crippen molar-refractivity contribution in [3.8, 4) is 5.69 Å². The lowest BCUT2D eigenvalue weighted by Gasteiger charge is -2.22. The smallest absolute Gasteiger partial charge is 0.355 e. The third-order valence-electron chi connectivity index (χ3n) is 7.69. The number of likely N-dealkylation sites (N-methyl/N-ethyl adjacent to an activating group) is 2. The highest BCUT2D eigenvalue weighted by molar-refractivity contribution is 6.04. The summed E-state index contributed by atoms with van der Waals surface area (Å²) in [4.78, 5) is 21.5. The normalized spacial score (nSPS) is 21.1. The topological polar surface area (TPSA) is 94.8 Å². The number of amides is 1. The lowest BCUT2D eigenvalue weighted by atomic mass is 10.0. The molecule has 1 fully saturated rings. The standard InChI is InChI=1S/C27H32F3N9O/c1-16-6-7-18(10-23(16)39-15-22(34-35-39)21-13-31-37(5)17(21)2)26(40)33-24-11-19(27(28,29)30)12-25(32-24)38-9-8-20(14-38)36(3)4/h6-7,10-13,15,17,20-21H,8-9,14H2,1-5H3,(H,32,33,40). The van der Waals surface area contributed by atoms with Crippen LogP contribution in [0.3, 0.4) is 0 Å². The van der Waals surface area contributed by atoms with E-state index in [1.807, 2.05) is 56.0 Å². The molecule has 1 aromatic carbocycles. The van der Waals surface area contributed by atoms with Crippen LogP contribution in [0.2, 0.25) is 0 Å². The van der Waals surface area contributed by atoms with Gasteiger partial charge in [0.15, 0.2) is 0 Å². The molecule has 5 rings (SSSR count). The molecule has 13 heteroatoms. The summed E-state index contributed by atoms with van der Waals surface area (Å²) in [6.07, 6.45) is -0.148. The molecule has 1 N–H and O–H groups in total. The summed E-state index contributed by atoms with van der Waals surface area (Å²) >= 11 is 0. The highest BCUT2D eigenvalue weighted by Gasteiger charge is 2.34. The molecule has 2 aliphatic heterocycles. The van der Waals surface area contributed by atoms with E-state index in [0.717, 1.165) is 29.8 Å². The highest BCUT2D eigenvalue weighted by Crippen LogP contribution is 2.34. The number of hydrogen-bond acceptors (Lipinski definition) is 8. The Bertz CT molecular complexity index is 1430. The van der Waals surface area contributed by atoms with Crippen LogP contribution in [0, 0.1) is 6.92 Å². The molecule has 212 valence electrons. The predicted molar refractivity (Wildman–Crippen MR) is 146 cm³/mol. The zero-order valence-electron chi connectivity index (χ0n) is 23.0. The Kier molecular flexibility index (Phi) is 7.25. The van der Waals surface area contributed by atoms with E-state index in [1.165, 1.54) is 0 Å². The predicted octanol–water partition coefficient (Wildman–Crippen LogP) is 3.79. The second-order valence-electron chi connectivity index (χ2n) is 10.6. The SMILES string of the molecule is Cc1ccc(C(=O)Nc2cc(C(F)(F)F)cc(N3CCC(N(C)C)C3)n2)cc1-n1cc(C2C=NN(C)C2C)nn1. The number of aromatic nitrogens is 4. The highest BCUT2D eigenvalue weighted by atomic mass is 19.4. The molecular formula is C27H32F3N9O. The van der Waals surface area contributed by atoms with Crippen molar-refractivity contribution in [1.82, 2.24) is 29.9 Å². The number of anilines is 2. The van der Waals surface area contributed by atoms with Gasteiger partial charge in [-0.25, -0.2) is 9.67 Å². The van der Waals surface area contributed by atoms with Crippen molar-refractivity contribution in [1.29, 1.82) is 0 Å². The fourth-order valence-electron chi connectivity index (χ4n) is 4.97. The molecule has 3 unspecified atom stereocenters. The number of hydrazone groups is 1. The minimum Gasteiger partial charge on any atom is -0.355 e. The first-order valence-electron chi connectivity index (χ1n) is 13.0. The van der Waals surface area contributed by atoms with Crippen LogP contribution in [-0.2, 0) is 6.18 Å². The first-order valence-corrected chi connectivity index (χ1v) is 13.0. The lowest BCUT2D eigenvalue weighted by molar-refractivity contribution is -0.137. The molecule has 10 nitrogen and oxygen atoms in total. The molecule has 1 amide bonds. The van der Waals surface area contributed by atoms with Crippen LogP contribution in [-0.4, -0.2) is 88.3 Å². The van der Waals surface area contributed by atoms with Crippen LogP contribution in [0.4, 0.5) is 24.8 Å². The molecule has 0 saturated carbocycles. The summed E-state index contributed by atoms with van der Waals surface area (Å²) < 4.78 is 42.8. The van der Waals surface area contributed by atoms with Crippen LogP contribution in [0.15, 0.2) is 41.6 Å². The molecule has 4 heterocycles. The van der Waals surface area contributed by atoms with Gasteiger partial charge < -0.3 is 15.1 Å². The van der Waals surface area contributed by atoms with E-state index >= 15 is 0 Å². The van der Waals surface area contributed by atoms with E-state index in [-0.39, 0.29) is 35.2 Å². The number of nitrogens with zero attached hydrogens (tertiary/aromatic N) is 8. The maximum absolute atomic E-state index is 13.8. The Balaban J connectivity index is 1.39. The molecule has 3 atom stereocenters. The number of carbonyl (C=O) groups excluding carboxylic acids is 1. The molecule has 2 aliphatic rings. The van der Waals surface area contributed by atoms with Crippen LogP contribution < -0.4 is 10.2 Å². The zero-order valence-corrected chi connectivity index (χ0v) is 23.0. The van der Waals surface area contributed by atoms with Crippen LogP contribution in [0.25, 0.3) is 5.69 Å². The summed E-state index contributed by atoms with van der Waals surface area (Å²) in [5.41, 5.74) is 1.61. The molecule has 0 aliphatic carbocycles. The van der Waals surface area contributed by atoms with E-state index in [1.54, 1.807) is 29.1 Å². The van der Waals surface area contributed by atoms with E-state index in [0.29, 0.717) is 18.8 Å². The number of pyridine rings is 1. The van der Waals surface area contributed by atoms with Gasteiger partial charge in [-0.2, -0.15) is 18.3 Å². The summed E-state index contributed by atoms with van der Waals surface area (Å²) in [6, 6.07) is 7.25. The average Bonchev–Trinajstić information content (AvgIpc) is 3.65. The number of rotatable bonds is 6. The van der Waals surface area contributed by atoms with E-state index in [2.05, 4.69) is 25.7 Å². The number of hydrogen-bond donors (Lipinski definition) is 1. The first-order chi connectivity index (χ1) is 18.9. The molecule has 0 spiro atoms. The van der Waals surface area contributed by atoms with Crippen molar-refractivity contribution in [2.75, 3.05) is 44.4 Å². The van der Waals surface area contributed by atoms with Gasteiger partial charge in [-0.3, -0.25) is 9.80 Å². The maximum Gasteiger partial charge on any atom is 0.416 e. The number of nitrogens with one attached hydrogen (secondary N) is 1. The van der Waals surface area contributed by atoms with Crippen LogP contribution >= 0.6 is 0 Å². The fraction of sp³-hybridized carbons (Fsp3) is 0.444. The Morgan fingerprint density at radius 1 is 1.18 bits per heavy atom. The largest absolute Gasteiger partial charge is 0.416 e. The van der Waals surface area contributed by atoms with Gasteiger partial charge in [-0.1, -0.05) is 11.3 Å². The maximum atomic E-state index is 13.8. The van der Waals surface area contributed by atoms with Crippen molar-refractivity contribution >= 4 is 23.8 Å². The quantitative estimate of drug-likeness (QED) is 0.495. The van der Waals surface area contributed by atoms with Crippen molar-refractivity contribution < 1.29 is 18.0 Å². The Morgan fingerprint density at radius 2 is 1.95 bits per heavy atom. The molecule has 40 heavy (non-hydrogen) atoms. The average molecular weight is 556 g/mol. The van der Waals surface area contributed by atoms with Gasteiger partial charge in [-0.05, 0) is 64.2 Å². The zero-order chi connectivity index (χ0) is 28.8. The molecule has 1 saturated heterocycles. The third-order valence-corrected chi connectivity index (χ3v) is 7.69. The Hall–Kier alpha value is -4.00. The number of benzene rings is 1. The minimum absolute atomic E-state index is 0.0182. The monoisotopic (exact) mass is 555 g/mol. The van der Waals surface area contributed by atoms with Gasteiger partial charge in [0.05, 0.1) is 35.1 Å². The van der Waals surface area contributed by atoms with Crippen molar-refractivity contribution in [2.45, 2.75) is 44.4 Å². The van der Waals surface area contributed by atoms with E-state index < -0.39 is 17.6 Å².